The van der Waals surface area contributed by atoms with E-state index in [0.717, 1.165) is 0 Å². The number of hydrogen-bond donors (Lipinski definition) is 2. The monoisotopic (exact) mass is 297 g/mol. The molecule has 0 aromatic rings. The van der Waals surface area contributed by atoms with Crippen LogP contribution in [0.5, 0.6) is 0 Å². The molecule has 2 N–H and O–H groups in total. The summed E-state index contributed by atoms with van der Waals surface area (Å²) in [6, 6.07) is 0. The number of guanidine groups is 1. The zero-order valence-electron chi connectivity index (χ0n) is 12.7. The van der Waals surface area contributed by atoms with Crippen LogP contribution in [0.2, 0.25) is 0 Å². The summed E-state index contributed by atoms with van der Waals surface area (Å²) in [5.41, 5.74) is -0.362. The van der Waals surface area contributed by atoms with Crippen molar-refractivity contribution in [2.45, 2.75) is 51.8 Å². The summed E-state index contributed by atoms with van der Waals surface area (Å²) >= 11 is 0. The lowest BCUT2D eigenvalue weighted by Crippen LogP contribution is -2.39. The Kier molecular flexibility index (Phi) is 8.60. The van der Waals surface area contributed by atoms with E-state index < -0.39 is 12.6 Å². The van der Waals surface area contributed by atoms with Crippen molar-refractivity contribution < 1.29 is 17.9 Å². The number of alkyl halides is 3. The van der Waals surface area contributed by atoms with Gasteiger partial charge in [-0.3, -0.25) is 4.99 Å². The molecule has 0 unspecified atom stereocenters. The number of hydrogen-bond acceptors (Lipinski definition) is 2. The Morgan fingerprint density at radius 1 is 1.15 bits per heavy atom. The van der Waals surface area contributed by atoms with Crippen LogP contribution in [0.4, 0.5) is 13.2 Å². The van der Waals surface area contributed by atoms with E-state index in [9.17, 15) is 13.2 Å². The zero-order valence-corrected chi connectivity index (χ0v) is 12.7. The molecule has 0 spiro atoms. The molecule has 7 heteroatoms. The SMILES string of the molecule is CCNC(=NCC(C)(C)OC)NCCCCC(F)(F)F. The molecule has 0 heterocycles. The van der Waals surface area contributed by atoms with Gasteiger partial charge in [-0.05, 0) is 33.6 Å². The molecule has 0 rings (SSSR count). The summed E-state index contributed by atoms with van der Waals surface area (Å²) in [6.45, 7) is 7.41. The first-order chi connectivity index (χ1) is 9.20. The van der Waals surface area contributed by atoms with E-state index in [4.69, 9.17) is 4.74 Å². The first-order valence-electron chi connectivity index (χ1n) is 6.84. The lowest BCUT2D eigenvalue weighted by Gasteiger charge is -2.21. The third-order valence-electron chi connectivity index (χ3n) is 2.69. The average Bonchev–Trinajstić information content (AvgIpc) is 2.34. The zero-order chi connectivity index (χ0) is 15.6. The highest BCUT2D eigenvalue weighted by atomic mass is 19.4. The predicted molar refractivity (Wildman–Crippen MR) is 75.0 cm³/mol. The minimum atomic E-state index is -4.07. The van der Waals surface area contributed by atoms with Crippen molar-refractivity contribution in [1.82, 2.24) is 10.6 Å². The van der Waals surface area contributed by atoms with Crippen LogP contribution in [-0.4, -0.2) is 44.5 Å². The van der Waals surface area contributed by atoms with Crippen molar-refractivity contribution in [3.63, 3.8) is 0 Å². The van der Waals surface area contributed by atoms with E-state index in [1.807, 2.05) is 20.8 Å². The van der Waals surface area contributed by atoms with E-state index in [1.165, 1.54) is 0 Å². The minimum Gasteiger partial charge on any atom is -0.377 e. The fourth-order valence-electron chi connectivity index (χ4n) is 1.33. The molecule has 0 saturated heterocycles. The van der Waals surface area contributed by atoms with Crippen molar-refractivity contribution in [2.75, 3.05) is 26.7 Å². The molecule has 0 radical (unpaired) electrons. The molecule has 4 nitrogen and oxygen atoms in total. The van der Waals surface area contributed by atoms with Gasteiger partial charge in [0, 0.05) is 26.6 Å². The van der Waals surface area contributed by atoms with Gasteiger partial charge in [0.1, 0.15) is 0 Å². The fourth-order valence-corrected chi connectivity index (χ4v) is 1.33. The summed E-state index contributed by atoms with van der Waals surface area (Å²) in [5.74, 6) is 0.602. The molecule has 120 valence electrons. The lowest BCUT2D eigenvalue weighted by molar-refractivity contribution is -0.135. The molecule has 0 aliphatic rings. The van der Waals surface area contributed by atoms with Crippen LogP contribution in [0, 0.1) is 0 Å². The van der Waals surface area contributed by atoms with Crippen LogP contribution in [-0.2, 0) is 4.74 Å². The molecule has 0 fully saturated rings. The number of nitrogens with zero attached hydrogens (tertiary/aromatic N) is 1. The lowest BCUT2D eigenvalue weighted by atomic mass is 10.1. The number of nitrogens with one attached hydrogen (secondary N) is 2. The Morgan fingerprint density at radius 2 is 1.80 bits per heavy atom. The van der Waals surface area contributed by atoms with Gasteiger partial charge in [-0.15, -0.1) is 0 Å². The number of methoxy groups -OCH3 is 1. The number of rotatable bonds is 8. The molecule has 0 aromatic heterocycles. The third-order valence-corrected chi connectivity index (χ3v) is 2.69. The summed E-state index contributed by atoms with van der Waals surface area (Å²) < 4.78 is 41.2. The standard InChI is InChI=1S/C13H26F3N3O/c1-5-17-11(19-10-12(2,3)20-4)18-9-7-6-8-13(14,15)16/h5-10H2,1-4H3,(H2,17,18,19). The van der Waals surface area contributed by atoms with E-state index >= 15 is 0 Å². The van der Waals surface area contributed by atoms with Crippen LogP contribution in [0.3, 0.4) is 0 Å². The third kappa shape index (κ3) is 10.9. The van der Waals surface area contributed by atoms with Crippen molar-refractivity contribution in [3.05, 3.63) is 0 Å². The van der Waals surface area contributed by atoms with E-state index in [0.29, 0.717) is 32.0 Å². The van der Waals surface area contributed by atoms with Gasteiger partial charge < -0.3 is 15.4 Å². The molecule has 0 atom stereocenters. The van der Waals surface area contributed by atoms with Gasteiger partial charge in [0.25, 0.3) is 0 Å². The number of ether oxygens (including phenoxy) is 1. The summed E-state index contributed by atoms with van der Waals surface area (Å²) in [5, 5.41) is 6.07. The number of halogens is 3. The maximum Gasteiger partial charge on any atom is 0.389 e. The Hall–Kier alpha value is -0.980. The summed E-state index contributed by atoms with van der Waals surface area (Å²) in [6.07, 6.45) is -4.22. The van der Waals surface area contributed by atoms with E-state index in [-0.39, 0.29) is 12.0 Å². The van der Waals surface area contributed by atoms with Crippen LogP contribution >= 0.6 is 0 Å². The first-order valence-corrected chi connectivity index (χ1v) is 6.84. The highest BCUT2D eigenvalue weighted by molar-refractivity contribution is 5.79. The summed E-state index contributed by atoms with van der Waals surface area (Å²) in [7, 11) is 1.62. The normalized spacial score (nSPS) is 13.4. The van der Waals surface area contributed by atoms with Gasteiger partial charge in [-0.25, -0.2) is 0 Å². The average molecular weight is 297 g/mol. The number of aliphatic imine (C=N–C) groups is 1. The number of unbranched alkanes of at least 4 members (excludes halogenated alkanes) is 1. The molecule has 0 bridgehead atoms. The second kappa shape index (κ2) is 9.05. The van der Waals surface area contributed by atoms with E-state index in [1.54, 1.807) is 7.11 Å². The Labute approximate surface area is 119 Å². The van der Waals surface area contributed by atoms with Crippen LogP contribution in [0.25, 0.3) is 0 Å². The fraction of sp³-hybridized carbons (Fsp3) is 0.923. The van der Waals surface area contributed by atoms with Gasteiger partial charge in [0.05, 0.1) is 12.1 Å². The van der Waals surface area contributed by atoms with Crippen molar-refractivity contribution in [3.8, 4) is 0 Å². The van der Waals surface area contributed by atoms with Crippen molar-refractivity contribution in [2.24, 2.45) is 4.99 Å². The Balaban J connectivity index is 4.06. The van der Waals surface area contributed by atoms with Gasteiger partial charge in [-0.1, -0.05) is 0 Å². The van der Waals surface area contributed by atoms with Gasteiger partial charge in [0.15, 0.2) is 5.96 Å². The molecule has 0 amide bonds. The highest BCUT2D eigenvalue weighted by Gasteiger charge is 2.25. The molecular formula is C13H26F3N3O. The summed E-state index contributed by atoms with van der Waals surface area (Å²) in [4.78, 5) is 4.35. The van der Waals surface area contributed by atoms with Crippen LogP contribution in [0.15, 0.2) is 4.99 Å². The highest BCUT2D eigenvalue weighted by Crippen LogP contribution is 2.21. The minimum absolute atomic E-state index is 0.124. The molecule has 0 aliphatic carbocycles. The van der Waals surface area contributed by atoms with Crippen molar-refractivity contribution in [1.29, 1.82) is 0 Å². The van der Waals surface area contributed by atoms with Gasteiger partial charge in [-0.2, -0.15) is 13.2 Å². The molecule has 20 heavy (non-hydrogen) atoms. The molecule has 0 aliphatic heterocycles. The quantitative estimate of drug-likeness (QED) is 0.411. The maximum atomic E-state index is 12.0. The maximum absolute atomic E-state index is 12.0. The Morgan fingerprint density at radius 3 is 2.30 bits per heavy atom. The first kappa shape index (κ1) is 19.0. The van der Waals surface area contributed by atoms with Gasteiger partial charge in [0.2, 0.25) is 0 Å². The second-order valence-corrected chi connectivity index (χ2v) is 5.16. The molecule has 0 aromatic carbocycles. The largest absolute Gasteiger partial charge is 0.389 e. The Bertz CT molecular complexity index is 291. The van der Waals surface area contributed by atoms with Crippen molar-refractivity contribution >= 4 is 5.96 Å². The molecular weight excluding hydrogens is 271 g/mol. The van der Waals surface area contributed by atoms with Crippen LogP contribution in [0.1, 0.15) is 40.0 Å². The smallest absolute Gasteiger partial charge is 0.377 e. The second-order valence-electron chi connectivity index (χ2n) is 5.16. The van der Waals surface area contributed by atoms with Gasteiger partial charge >= 0.3 is 6.18 Å². The molecule has 0 saturated carbocycles. The predicted octanol–water partition coefficient (Wildman–Crippen LogP) is 2.70. The van der Waals surface area contributed by atoms with Crippen LogP contribution < -0.4 is 10.6 Å². The topological polar surface area (TPSA) is 45.7 Å². The van der Waals surface area contributed by atoms with E-state index in [2.05, 4.69) is 15.6 Å².